The third-order valence-corrected chi connectivity index (χ3v) is 4.50. The van der Waals surface area contributed by atoms with E-state index in [0.29, 0.717) is 36.9 Å². The standard InChI is InChI=1S/C13H19NO4S/c1-14-10(4-5-15)9-19(16)11-2-3-12-13(8-11)18-7-6-17-12/h2-3,8,10,14-15H,4-7,9H2,1H3. The van der Waals surface area contributed by atoms with Crippen LogP contribution in [0.1, 0.15) is 6.42 Å². The van der Waals surface area contributed by atoms with E-state index in [0.717, 1.165) is 4.90 Å². The molecule has 19 heavy (non-hydrogen) atoms. The summed E-state index contributed by atoms with van der Waals surface area (Å²) >= 11 is 0. The van der Waals surface area contributed by atoms with Crippen LogP contribution >= 0.6 is 0 Å². The van der Waals surface area contributed by atoms with E-state index in [1.807, 2.05) is 0 Å². The maximum absolute atomic E-state index is 12.3. The van der Waals surface area contributed by atoms with Crippen LogP contribution in [0.25, 0.3) is 0 Å². The van der Waals surface area contributed by atoms with Crippen LogP contribution < -0.4 is 14.8 Å². The zero-order valence-electron chi connectivity index (χ0n) is 10.9. The Kier molecular flexibility index (Phi) is 5.18. The van der Waals surface area contributed by atoms with Crippen molar-refractivity contribution >= 4 is 10.8 Å². The molecule has 0 saturated heterocycles. The third kappa shape index (κ3) is 3.68. The van der Waals surface area contributed by atoms with Crippen molar-refractivity contribution < 1.29 is 18.8 Å². The fourth-order valence-electron chi connectivity index (χ4n) is 1.91. The first-order valence-corrected chi connectivity index (χ1v) is 7.62. The van der Waals surface area contributed by atoms with Gasteiger partial charge < -0.3 is 19.9 Å². The highest BCUT2D eigenvalue weighted by molar-refractivity contribution is 7.85. The molecule has 0 saturated carbocycles. The molecule has 0 aromatic heterocycles. The zero-order valence-corrected chi connectivity index (χ0v) is 11.7. The van der Waals surface area contributed by atoms with Crippen molar-refractivity contribution in [3.05, 3.63) is 18.2 Å². The van der Waals surface area contributed by atoms with Gasteiger partial charge in [-0.1, -0.05) is 0 Å². The van der Waals surface area contributed by atoms with Crippen LogP contribution in [0.4, 0.5) is 0 Å². The Morgan fingerprint density at radius 2 is 2.11 bits per heavy atom. The Bertz CT molecular complexity index is 452. The highest BCUT2D eigenvalue weighted by Gasteiger charge is 2.16. The van der Waals surface area contributed by atoms with E-state index < -0.39 is 10.8 Å². The Morgan fingerprint density at radius 3 is 2.79 bits per heavy atom. The number of rotatable bonds is 6. The van der Waals surface area contributed by atoms with Gasteiger partial charge in [0.25, 0.3) is 0 Å². The van der Waals surface area contributed by atoms with E-state index in [2.05, 4.69) is 5.32 Å². The summed E-state index contributed by atoms with van der Waals surface area (Å²) < 4.78 is 23.2. The molecular weight excluding hydrogens is 266 g/mol. The molecule has 0 amide bonds. The van der Waals surface area contributed by atoms with Crippen LogP contribution in [0, 0.1) is 0 Å². The van der Waals surface area contributed by atoms with Gasteiger partial charge in [0.1, 0.15) is 13.2 Å². The topological polar surface area (TPSA) is 67.8 Å². The van der Waals surface area contributed by atoms with Gasteiger partial charge in [-0.25, -0.2) is 0 Å². The molecule has 1 aromatic rings. The monoisotopic (exact) mass is 285 g/mol. The number of hydrogen-bond donors (Lipinski definition) is 2. The average Bonchev–Trinajstić information content (AvgIpc) is 2.46. The molecular formula is C13H19NO4S. The lowest BCUT2D eigenvalue weighted by Crippen LogP contribution is -2.32. The van der Waals surface area contributed by atoms with Gasteiger partial charge in [-0.15, -0.1) is 0 Å². The molecule has 0 radical (unpaired) electrons. The SMILES string of the molecule is CNC(CCO)CS(=O)c1ccc2c(c1)OCCO2. The fourth-order valence-corrected chi connectivity index (χ4v) is 3.26. The molecule has 5 nitrogen and oxygen atoms in total. The van der Waals surface area contributed by atoms with Crippen LogP contribution in [0.2, 0.25) is 0 Å². The average molecular weight is 285 g/mol. The lowest BCUT2D eigenvalue weighted by atomic mass is 10.2. The molecule has 2 rings (SSSR count). The summed E-state index contributed by atoms with van der Waals surface area (Å²) in [5, 5.41) is 12.0. The predicted molar refractivity (Wildman–Crippen MR) is 73.3 cm³/mol. The number of aliphatic hydroxyl groups is 1. The minimum Gasteiger partial charge on any atom is -0.486 e. The summed E-state index contributed by atoms with van der Waals surface area (Å²) in [6, 6.07) is 5.41. The summed E-state index contributed by atoms with van der Waals surface area (Å²) in [6.07, 6.45) is 0.590. The van der Waals surface area contributed by atoms with Crippen LogP contribution in [-0.4, -0.2) is 48.0 Å². The molecule has 6 heteroatoms. The molecule has 0 spiro atoms. The summed E-state index contributed by atoms with van der Waals surface area (Å²) in [6.45, 7) is 1.16. The summed E-state index contributed by atoms with van der Waals surface area (Å²) in [5.41, 5.74) is 0. The third-order valence-electron chi connectivity index (χ3n) is 3.01. The number of ether oxygens (including phenoxy) is 2. The maximum Gasteiger partial charge on any atom is 0.162 e. The summed E-state index contributed by atoms with van der Waals surface area (Å²) in [7, 11) is 0.685. The number of benzene rings is 1. The molecule has 1 heterocycles. The van der Waals surface area contributed by atoms with Gasteiger partial charge in [-0.3, -0.25) is 4.21 Å². The molecule has 0 fully saturated rings. The van der Waals surface area contributed by atoms with Gasteiger partial charge in [0, 0.05) is 29.4 Å². The number of aliphatic hydroxyl groups excluding tert-OH is 1. The lowest BCUT2D eigenvalue weighted by molar-refractivity contribution is 0.171. The zero-order chi connectivity index (χ0) is 13.7. The normalized spacial score (nSPS) is 16.9. The molecule has 2 unspecified atom stereocenters. The quantitative estimate of drug-likeness (QED) is 0.798. The minimum absolute atomic E-state index is 0.0408. The smallest absolute Gasteiger partial charge is 0.162 e. The summed E-state index contributed by atoms with van der Waals surface area (Å²) in [5.74, 6) is 1.82. The minimum atomic E-state index is -1.12. The molecule has 2 N–H and O–H groups in total. The number of nitrogens with one attached hydrogen (secondary N) is 1. The first kappa shape index (κ1) is 14.3. The predicted octanol–water partition coefficient (Wildman–Crippen LogP) is 0.536. The molecule has 0 aliphatic carbocycles. The number of fused-ring (bicyclic) bond motifs is 1. The van der Waals surface area contributed by atoms with Crippen molar-refractivity contribution in [3.63, 3.8) is 0 Å². The van der Waals surface area contributed by atoms with Gasteiger partial charge in [-0.05, 0) is 25.6 Å². The van der Waals surface area contributed by atoms with Crippen molar-refractivity contribution in [1.29, 1.82) is 0 Å². The van der Waals surface area contributed by atoms with E-state index in [1.165, 1.54) is 0 Å². The Hall–Kier alpha value is -1.11. The highest BCUT2D eigenvalue weighted by Crippen LogP contribution is 2.31. The first-order valence-electron chi connectivity index (χ1n) is 6.30. The molecule has 2 atom stereocenters. The Balaban J connectivity index is 2.06. The molecule has 1 aliphatic heterocycles. The summed E-state index contributed by atoms with van der Waals surface area (Å²) in [4.78, 5) is 0.724. The van der Waals surface area contributed by atoms with Crippen LogP contribution in [0.5, 0.6) is 11.5 Å². The van der Waals surface area contributed by atoms with Crippen molar-refractivity contribution in [1.82, 2.24) is 5.32 Å². The fraction of sp³-hybridized carbons (Fsp3) is 0.538. The number of hydrogen-bond acceptors (Lipinski definition) is 5. The van der Waals surface area contributed by atoms with E-state index in [1.54, 1.807) is 25.2 Å². The van der Waals surface area contributed by atoms with Crippen molar-refractivity contribution in [2.24, 2.45) is 0 Å². The van der Waals surface area contributed by atoms with Gasteiger partial charge in [-0.2, -0.15) is 0 Å². The molecule has 1 aromatic carbocycles. The van der Waals surface area contributed by atoms with Gasteiger partial charge in [0.15, 0.2) is 11.5 Å². The Labute approximate surface area is 115 Å². The first-order chi connectivity index (χ1) is 9.24. The van der Waals surface area contributed by atoms with Crippen LogP contribution in [0.3, 0.4) is 0 Å². The van der Waals surface area contributed by atoms with Crippen LogP contribution in [-0.2, 0) is 10.8 Å². The van der Waals surface area contributed by atoms with Gasteiger partial charge in [0.2, 0.25) is 0 Å². The van der Waals surface area contributed by atoms with Crippen molar-refractivity contribution in [2.75, 3.05) is 32.6 Å². The molecule has 0 bridgehead atoms. The van der Waals surface area contributed by atoms with E-state index in [9.17, 15) is 4.21 Å². The van der Waals surface area contributed by atoms with Gasteiger partial charge >= 0.3 is 0 Å². The second-order valence-electron chi connectivity index (χ2n) is 4.32. The van der Waals surface area contributed by atoms with Crippen molar-refractivity contribution in [3.8, 4) is 11.5 Å². The van der Waals surface area contributed by atoms with E-state index >= 15 is 0 Å². The largest absolute Gasteiger partial charge is 0.486 e. The van der Waals surface area contributed by atoms with Crippen molar-refractivity contribution in [2.45, 2.75) is 17.4 Å². The highest BCUT2D eigenvalue weighted by atomic mass is 32.2. The molecule has 1 aliphatic rings. The van der Waals surface area contributed by atoms with Crippen LogP contribution in [0.15, 0.2) is 23.1 Å². The second-order valence-corrected chi connectivity index (χ2v) is 5.81. The lowest BCUT2D eigenvalue weighted by Gasteiger charge is -2.19. The molecule has 106 valence electrons. The maximum atomic E-state index is 12.3. The van der Waals surface area contributed by atoms with E-state index in [4.69, 9.17) is 14.6 Å². The van der Waals surface area contributed by atoms with E-state index in [-0.39, 0.29) is 12.6 Å². The van der Waals surface area contributed by atoms with Gasteiger partial charge in [0.05, 0.1) is 10.8 Å². The Morgan fingerprint density at radius 1 is 1.37 bits per heavy atom. The second kappa shape index (κ2) is 6.88.